The third-order valence-corrected chi connectivity index (χ3v) is 2.55. The van der Waals surface area contributed by atoms with Crippen LogP contribution in [0.3, 0.4) is 0 Å². The Labute approximate surface area is 90.2 Å². The molecule has 0 amide bonds. The largest absolute Gasteiger partial charge is 0.468 e. The molecule has 0 fully saturated rings. The van der Waals surface area contributed by atoms with E-state index in [2.05, 4.69) is 20.7 Å². The molecular formula is C10H9BrO3. The van der Waals surface area contributed by atoms with Crippen LogP contribution in [0.1, 0.15) is 11.5 Å². The fourth-order valence-corrected chi connectivity index (χ4v) is 1.64. The van der Waals surface area contributed by atoms with Crippen molar-refractivity contribution in [1.29, 1.82) is 0 Å². The standard InChI is InChI=1S/C10H9BrO3/c1-14-10(13)8(6-12)7-4-2-3-5-9(7)11/h2-6,8H,1H3/t8-/m0/s1. The summed E-state index contributed by atoms with van der Waals surface area (Å²) in [6.07, 6.45) is 0.575. The summed E-state index contributed by atoms with van der Waals surface area (Å²) in [7, 11) is 1.26. The van der Waals surface area contributed by atoms with Crippen LogP contribution in [0.2, 0.25) is 0 Å². The molecule has 0 saturated carbocycles. The topological polar surface area (TPSA) is 43.4 Å². The average molecular weight is 257 g/mol. The zero-order valence-electron chi connectivity index (χ0n) is 7.57. The highest BCUT2D eigenvalue weighted by Gasteiger charge is 2.22. The van der Waals surface area contributed by atoms with Gasteiger partial charge in [-0.25, -0.2) is 0 Å². The van der Waals surface area contributed by atoms with Crippen LogP contribution in [0.4, 0.5) is 0 Å². The van der Waals surface area contributed by atoms with Crippen molar-refractivity contribution in [3.63, 3.8) is 0 Å². The fourth-order valence-electron chi connectivity index (χ4n) is 1.11. The fraction of sp³-hybridized carbons (Fsp3) is 0.200. The summed E-state index contributed by atoms with van der Waals surface area (Å²) in [4.78, 5) is 22.0. The van der Waals surface area contributed by atoms with E-state index in [-0.39, 0.29) is 0 Å². The molecule has 0 saturated heterocycles. The van der Waals surface area contributed by atoms with Gasteiger partial charge in [-0.3, -0.25) is 4.79 Å². The first-order valence-electron chi connectivity index (χ1n) is 3.98. The molecule has 0 bridgehead atoms. The lowest BCUT2D eigenvalue weighted by molar-refractivity contribution is -0.143. The second-order valence-corrected chi connectivity index (χ2v) is 3.51. The zero-order valence-corrected chi connectivity index (χ0v) is 9.15. The lowest BCUT2D eigenvalue weighted by atomic mass is 10.0. The molecule has 0 radical (unpaired) electrons. The van der Waals surface area contributed by atoms with E-state index in [9.17, 15) is 9.59 Å². The average Bonchev–Trinajstić information content (AvgIpc) is 2.21. The normalized spacial score (nSPS) is 11.9. The van der Waals surface area contributed by atoms with Crippen LogP contribution < -0.4 is 0 Å². The molecule has 14 heavy (non-hydrogen) atoms. The minimum atomic E-state index is -0.851. The summed E-state index contributed by atoms with van der Waals surface area (Å²) in [5.41, 5.74) is 0.620. The molecule has 0 aromatic heterocycles. The van der Waals surface area contributed by atoms with Crippen molar-refractivity contribution in [1.82, 2.24) is 0 Å². The molecule has 74 valence electrons. The van der Waals surface area contributed by atoms with Crippen LogP contribution in [0.15, 0.2) is 28.7 Å². The van der Waals surface area contributed by atoms with Gasteiger partial charge in [0.2, 0.25) is 0 Å². The van der Waals surface area contributed by atoms with E-state index >= 15 is 0 Å². The summed E-state index contributed by atoms with van der Waals surface area (Å²) >= 11 is 3.27. The second-order valence-electron chi connectivity index (χ2n) is 2.66. The molecular weight excluding hydrogens is 248 g/mol. The Bertz CT molecular complexity index is 349. The first-order chi connectivity index (χ1) is 6.70. The molecule has 0 N–H and O–H groups in total. The Morgan fingerprint density at radius 3 is 2.64 bits per heavy atom. The summed E-state index contributed by atoms with van der Waals surface area (Å²) in [5, 5.41) is 0. The van der Waals surface area contributed by atoms with Gasteiger partial charge in [0.05, 0.1) is 7.11 Å². The third-order valence-electron chi connectivity index (χ3n) is 1.83. The smallest absolute Gasteiger partial charge is 0.320 e. The van der Waals surface area contributed by atoms with Crippen molar-refractivity contribution in [3.8, 4) is 0 Å². The maximum atomic E-state index is 11.2. The lowest BCUT2D eigenvalue weighted by Gasteiger charge is -2.09. The molecule has 4 heteroatoms. The molecule has 1 aromatic carbocycles. The van der Waals surface area contributed by atoms with E-state index < -0.39 is 11.9 Å². The Kier molecular flexibility index (Phi) is 3.83. The van der Waals surface area contributed by atoms with Gasteiger partial charge in [0.25, 0.3) is 0 Å². The minimum Gasteiger partial charge on any atom is -0.468 e. The Balaban J connectivity index is 3.07. The van der Waals surface area contributed by atoms with Gasteiger partial charge in [0.1, 0.15) is 12.2 Å². The van der Waals surface area contributed by atoms with Crippen LogP contribution in [0.5, 0.6) is 0 Å². The number of hydrogen-bond acceptors (Lipinski definition) is 3. The number of halogens is 1. The van der Waals surface area contributed by atoms with Crippen molar-refractivity contribution in [2.75, 3.05) is 7.11 Å². The summed E-state index contributed by atoms with van der Waals surface area (Å²) in [6, 6.07) is 7.06. The van der Waals surface area contributed by atoms with Crippen molar-refractivity contribution in [2.45, 2.75) is 5.92 Å². The quantitative estimate of drug-likeness (QED) is 0.472. The molecule has 3 nitrogen and oxygen atoms in total. The Morgan fingerprint density at radius 2 is 2.14 bits per heavy atom. The Morgan fingerprint density at radius 1 is 1.50 bits per heavy atom. The van der Waals surface area contributed by atoms with E-state index in [1.54, 1.807) is 18.2 Å². The van der Waals surface area contributed by atoms with Crippen LogP contribution in [0, 0.1) is 0 Å². The third kappa shape index (κ3) is 2.20. The number of carbonyl (C=O) groups excluding carboxylic acids is 2. The maximum Gasteiger partial charge on any atom is 0.320 e. The van der Waals surface area contributed by atoms with Crippen molar-refractivity contribution >= 4 is 28.2 Å². The second kappa shape index (κ2) is 4.91. The highest BCUT2D eigenvalue weighted by Crippen LogP contribution is 2.24. The predicted molar refractivity (Wildman–Crippen MR) is 55.0 cm³/mol. The number of methoxy groups -OCH3 is 1. The molecule has 0 heterocycles. The zero-order chi connectivity index (χ0) is 10.6. The Hall–Kier alpha value is -1.16. The van der Waals surface area contributed by atoms with Crippen LogP contribution in [-0.2, 0) is 14.3 Å². The van der Waals surface area contributed by atoms with Crippen molar-refractivity contribution in [2.24, 2.45) is 0 Å². The van der Waals surface area contributed by atoms with Crippen molar-refractivity contribution < 1.29 is 14.3 Å². The van der Waals surface area contributed by atoms with E-state index in [1.165, 1.54) is 7.11 Å². The molecule has 0 aliphatic carbocycles. The van der Waals surface area contributed by atoms with Crippen LogP contribution in [0.25, 0.3) is 0 Å². The van der Waals surface area contributed by atoms with Crippen LogP contribution >= 0.6 is 15.9 Å². The van der Waals surface area contributed by atoms with E-state index in [0.29, 0.717) is 11.8 Å². The summed E-state index contributed by atoms with van der Waals surface area (Å²) < 4.78 is 5.25. The van der Waals surface area contributed by atoms with Gasteiger partial charge in [-0.05, 0) is 11.6 Å². The molecule has 1 atom stereocenters. The molecule has 1 rings (SSSR count). The van der Waals surface area contributed by atoms with Crippen LogP contribution in [-0.4, -0.2) is 19.4 Å². The van der Waals surface area contributed by atoms with E-state index in [1.807, 2.05) is 6.07 Å². The number of carbonyl (C=O) groups is 2. The molecule has 0 aliphatic heterocycles. The number of esters is 1. The van der Waals surface area contributed by atoms with Gasteiger partial charge >= 0.3 is 5.97 Å². The summed E-state index contributed by atoms with van der Waals surface area (Å²) in [5.74, 6) is -1.40. The number of hydrogen-bond donors (Lipinski definition) is 0. The molecule has 0 aliphatic rings. The number of benzene rings is 1. The molecule has 0 spiro atoms. The van der Waals surface area contributed by atoms with E-state index in [0.717, 1.165) is 4.47 Å². The maximum absolute atomic E-state index is 11.2. The summed E-state index contributed by atoms with van der Waals surface area (Å²) in [6.45, 7) is 0. The van der Waals surface area contributed by atoms with Gasteiger partial charge in [-0.2, -0.15) is 0 Å². The van der Waals surface area contributed by atoms with Gasteiger partial charge in [-0.15, -0.1) is 0 Å². The van der Waals surface area contributed by atoms with Gasteiger partial charge in [0, 0.05) is 4.47 Å². The van der Waals surface area contributed by atoms with E-state index in [4.69, 9.17) is 0 Å². The highest BCUT2D eigenvalue weighted by molar-refractivity contribution is 9.10. The highest BCUT2D eigenvalue weighted by atomic mass is 79.9. The number of ether oxygens (including phenoxy) is 1. The van der Waals surface area contributed by atoms with Crippen molar-refractivity contribution in [3.05, 3.63) is 34.3 Å². The van der Waals surface area contributed by atoms with Gasteiger partial charge < -0.3 is 9.53 Å². The molecule has 0 unspecified atom stereocenters. The predicted octanol–water partition coefficient (Wildman–Crippen LogP) is 1.90. The molecule has 1 aromatic rings. The minimum absolute atomic E-state index is 0.549. The first kappa shape index (κ1) is 10.9. The number of aldehydes is 1. The monoisotopic (exact) mass is 256 g/mol. The number of rotatable bonds is 3. The van der Waals surface area contributed by atoms with Gasteiger partial charge in [-0.1, -0.05) is 34.1 Å². The SMILES string of the molecule is COC(=O)[C@@H](C=O)c1ccccc1Br. The van der Waals surface area contributed by atoms with Gasteiger partial charge in [0.15, 0.2) is 0 Å². The first-order valence-corrected chi connectivity index (χ1v) is 4.77. The lowest BCUT2D eigenvalue weighted by Crippen LogP contribution is -2.15.